The summed E-state index contributed by atoms with van der Waals surface area (Å²) in [6.45, 7) is 6.48. The summed E-state index contributed by atoms with van der Waals surface area (Å²) < 4.78 is 39.9. The molecule has 1 aliphatic rings. The van der Waals surface area contributed by atoms with Gasteiger partial charge in [-0.05, 0) is 49.6 Å². The minimum absolute atomic E-state index is 0.0806. The first-order chi connectivity index (χ1) is 18.3. The van der Waals surface area contributed by atoms with E-state index < -0.39 is 30.0 Å². The third-order valence-corrected chi connectivity index (χ3v) is 7.15. The van der Waals surface area contributed by atoms with Crippen molar-refractivity contribution in [3.8, 4) is 0 Å². The van der Waals surface area contributed by atoms with E-state index >= 15 is 0 Å². The number of quaternary nitrogens is 1. The van der Waals surface area contributed by atoms with Gasteiger partial charge in [0.05, 0.1) is 13.1 Å². The van der Waals surface area contributed by atoms with Crippen LogP contribution in [0.3, 0.4) is 0 Å². The first-order valence-corrected chi connectivity index (χ1v) is 13.1. The Morgan fingerprint density at radius 2 is 1.63 bits per heavy atom. The molecule has 0 N–H and O–H groups in total. The molecule has 0 radical (unpaired) electrons. The van der Waals surface area contributed by atoms with E-state index in [2.05, 4.69) is 6.92 Å². The zero-order chi connectivity index (χ0) is 27.1. The Morgan fingerprint density at radius 3 is 2.24 bits per heavy atom. The Bertz CT molecular complexity index is 1230. The van der Waals surface area contributed by atoms with Crippen LogP contribution in [0, 0.1) is 18.6 Å². The second-order valence-electron chi connectivity index (χ2n) is 10.1. The highest BCUT2D eigenvalue weighted by Gasteiger charge is 2.39. The summed E-state index contributed by atoms with van der Waals surface area (Å²) in [4.78, 5) is 26.2. The summed E-state index contributed by atoms with van der Waals surface area (Å²) in [5.74, 6) is -0.904. The lowest BCUT2D eigenvalue weighted by Crippen LogP contribution is -2.59. The van der Waals surface area contributed by atoms with Crippen LogP contribution in [0.15, 0.2) is 72.8 Å². The smallest absolute Gasteiger partial charge is 0.425 e. The van der Waals surface area contributed by atoms with Gasteiger partial charge in [0.2, 0.25) is 5.78 Å². The van der Waals surface area contributed by atoms with E-state index in [1.165, 1.54) is 36.4 Å². The number of likely N-dealkylation sites (tertiary alicyclic amines) is 1. The third-order valence-electron chi connectivity index (χ3n) is 7.15. The zero-order valence-corrected chi connectivity index (χ0v) is 21.9. The second-order valence-corrected chi connectivity index (χ2v) is 10.1. The predicted octanol–water partition coefficient (Wildman–Crippen LogP) is 6.79. The summed E-state index contributed by atoms with van der Waals surface area (Å²) in [5, 5.41) is 0. The van der Waals surface area contributed by atoms with E-state index in [1.807, 2.05) is 31.2 Å². The molecule has 1 unspecified atom stereocenters. The molecular formula is C31H34F2NO4+. The molecule has 0 aliphatic carbocycles. The van der Waals surface area contributed by atoms with E-state index in [0.717, 1.165) is 37.1 Å². The van der Waals surface area contributed by atoms with Crippen LogP contribution in [0.25, 0.3) is 0 Å². The van der Waals surface area contributed by atoms with Gasteiger partial charge in [0, 0.05) is 23.1 Å². The third kappa shape index (κ3) is 6.84. The summed E-state index contributed by atoms with van der Waals surface area (Å²) in [6.07, 6.45) is -0.0316. The number of nitrogens with zero attached hydrogens (tertiary/aromatic N) is 1. The van der Waals surface area contributed by atoms with Crippen molar-refractivity contribution in [3.63, 3.8) is 0 Å². The second kappa shape index (κ2) is 12.3. The molecule has 0 saturated carbocycles. The molecule has 3 aromatic rings. The number of halogens is 2. The molecule has 0 aromatic heterocycles. The van der Waals surface area contributed by atoms with E-state index in [4.69, 9.17) is 9.47 Å². The molecule has 200 valence electrons. The molecule has 2 atom stereocenters. The monoisotopic (exact) mass is 522 g/mol. The summed E-state index contributed by atoms with van der Waals surface area (Å²) in [7, 11) is 0. The van der Waals surface area contributed by atoms with Crippen LogP contribution >= 0.6 is 0 Å². The fourth-order valence-electron chi connectivity index (χ4n) is 5.47. The van der Waals surface area contributed by atoms with E-state index in [0.29, 0.717) is 35.1 Å². The molecule has 1 saturated heterocycles. The van der Waals surface area contributed by atoms with Crippen molar-refractivity contribution in [2.75, 3.05) is 26.2 Å². The van der Waals surface area contributed by atoms with Crippen molar-refractivity contribution in [1.82, 2.24) is 0 Å². The summed E-state index contributed by atoms with van der Waals surface area (Å²) in [6, 6.07) is 18.9. The van der Waals surface area contributed by atoms with Crippen LogP contribution in [0.5, 0.6) is 0 Å². The van der Waals surface area contributed by atoms with Crippen LogP contribution in [0.1, 0.15) is 59.3 Å². The van der Waals surface area contributed by atoms with Gasteiger partial charge >= 0.3 is 6.16 Å². The minimum Gasteiger partial charge on any atom is -0.425 e. The highest BCUT2D eigenvalue weighted by Crippen LogP contribution is 2.29. The normalized spacial score (nSPS) is 19.2. The van der Waals surface area contributed by atoms with Crippen LogP contribution in [-0.4, -0.2) is 48.7 Å². The maximum Gasteiger partial charge on any atom is 0.509 e. The molecule has 4 rings (SSSR count). The van der Waals surface area contributed by atoms with Gasteiger partial charge in [-0.15, -0.1) is 0 Å². The molecule has 1 heterocycles. The van der Waals surface area contributed by atoms with Crippen LogP contribution in [0.2, 0.25) is 0 Å². The van der Waals surface area contributed by atoms with Crippen LogP contribution in [0.4, 0.5) is 13.6 Å². The van der Waals surface area contributed by atoms with Crippen molar-refractivity contribution in [2.45, 2.75) is 45.3 Å². The number of ether oxygens (including phenoxy) is 2. The lowest BCUT2D eigenvalue weighted by Gasteiger charge is -2.43. The topological polar surface area (TPSA) is 52.6 Å². The van der Waals surface area contributed by atoms with Gasteiger partial charge in [0.1, 0.15) is 24.7 Å². The molecule has 0 bridgehead atoms. The number of hydrogen-bond acceptors (Lipinski definition) is 4. The maximum atomic E-state index is 14.0. The molecule has 0 spiro atoms. The number of aryl methyl sites for hydroxylation is 1. The van der Waals surface area contributed by atoms with E-state index in [-0.39, 0.29) is 5.78 Å². The van der Waals surface area contributed by atoms with Gasteiger partial charge in [-0.2, -0.15) is 0 Å². The predicted molar refractivity (Wildman–Crippen MR) is 141 cm³/mol. The highest BCUT2D eigenvalue weighted by molar-refractivity contribution is 5.98. The van der Waals surface area contributed by atoms with Gasteiger partial charge in [0.15, 0.2) is 12.2 Å². The minimum atomic E-state index is -1.03. The average molecular weight is 523 g/mol. The van der Waals surface area contributed by atoms with Crippen molar-refractivity contribution in [2.24, 2.45) is 0 Å². The van der Waals surface area contributed by atoms with Gasteiger partial charge in [-0.1, -0.05) is 55.5 Å². The first-order valence-electron chi connectivity index (χ1n) is 13.1. The molecule has 5 nitrogen and oxygen atoms in total. The fraction of sp³-hybridized carbons (Fsp3) is 0.355. The van der Waals surface area contributed by atoms with Crippen molar-refractivity contribution >= 4 is 11.9 Å². The SMILES string of the molecule is CCC[N+]1(CC(=O)c2ccccc2C)CCC[C@@H](OC(=O)OC(c2cccc(F)c2)c2cccc(F)c2)C1. The molecular weight excluding hydrogens is 488 g/mol. The number of carbonyl (C=O) groups is 2. The van der Waals surface area contributed by atoms with Gasteiger partial charge in [-0.3, -0.25) is 4.79 Å². The maximum absolute atomic E-state index is 14.0. The Labute approximate surface area is 222 Å². The molecule has 1 aliphatic heterocycles. The van der Waals surface area contributed by atoms with Gasteiger partial charge in [0.25, 0.3) is 0 Å². The summed E-state index contributed by atoms with van der Waals surface area (Å²) in [5.41, 5.74) is 2.41. The van der Waals surface area contributed by atoms with Gasteiger partial charge in [-0.25, -0.2) is 13.6 Å². The Hall–Kier alpha value is -3.58. The molecule has 1 fully saturated rings. The van der Waals surface area contributed by atoms with Crippen LogP contribution < -0.4 is 0 Å². The number of ketones is 1. The number of rotatable bonds is 9. The molecule has 3 aromatic carbocycles. The standard InChI is InChI=1S/C31H34F2NO4/c1-3-16-34(21-29(35)28-15-5-4-9-22(28)2)17-8-14-27(20-34)37-31(36)38-30(23-10-6-12-25(32)18-23)24-11-7-13-26(33)19-24/h4-7,9-13,15,18-19,27,30H,3,8,14,16-17,20-21H2,1-2H3/q+1/t27-,34?/m1/s1. The van der Waals surface area contributed by atoms with Gasteiger partial charge < -0.3 is 14.0 Å². The highest BCUT2D eigenvalue weighted by atomic mass is 19.1. The number of carbonyl (C=O) groups excluding carboxylic acids is 2. The number of benzene rings is 3. The Kier molecular flexibility index (Phi) is 8.89. The largest absolute Gasteiger partial charge is 0.509 e. The lowest BCUT2D eigenvalue weighted by molar-refractivity contribution is -0.927. The van der Waals surface area contributed by atoms with E-state index in [9.17, 15) is 18.4 Å². The Morgan fingerprint density at radius 1 is 0.974 bits per heavy atom. The number of Topliss-reactive ketones (excluding diaryl/α,β-unsaturated/α-hetero) is 1. The van der Waals surface area contributed by atoms with E-state index in [1.54, 1.807) is 12.1 Å². The first kappa shape index (κ1) is 27.5. The van der Waals surface area contributed by atoms with Crippen molar-refractivity contribution in [1.29, 1.82) is 0 Å². The zero-order valence-electron chi connectivity index (χ0n) is 21.9. The number of hydrogen-bond donors (Lipinski definition) is 0. The molecule has 0 amide bonds. The molecule has 7 heteroatoms. The lowest BCUT2D eigenvalue weighted by atomic mass is 9.99. The van der Waals surface area contributed by atoms with Crippen molar-refractivity contribution in [3.05, 3.63) is 107 Å². The average Bonchev–Trinajstić information content (AvgIpc) is 2.88. The molecule has 38 heavy (non-hydrogen) atoms. The fourth-order valence-corrected chi connectivity index (χ4v) is 5.47. The van der Waals surface area contributed by atoms with Crippen LogP contribution in [-0.2, 0) is 9.47 Å². The van der Waals surface area contributed by atoms with Crippen molar-refractivity contribution < 1.29 is 32.3 Å². The Balaban J connectivity index is 1.49. The quantitative estimate of drug-likeness (QED) is 0.176. The number of piperidine rings is 1. The summed E-state index contributed by atoms with van der Waals surface area (Å²) >= 11 is 0.